The lowest BCUT2D eigenvalue weighted by Gasteiger charge is -2.27. The van der Waals surface area contributed by atoms with Crippen molar-refractivity contribution in [2.24, 2.45) is 5.10 Å². The van der Waals surface area contributed by atoms with E-state index in [0.29, 0.717) is 29.4 Å². The number of halogens is 1. The summed E-state index contributed by atoms with van der Waals surface area (Å²) in [4.78, 5) is 28.5. The van der Waals surface area contributed by atoms with E-state index >= 15 is 0 Å². The molecule has 0 aliphatic carbocycles. The molecule has 4 rings (SSSR count). The van der Waals surface area contributed by atoms with Gasteiger partial charge in [-0.25, -0.2) is 5.01 Å². The Morgan fingerprint density at radius 2 is 1.73 bits per heavy atom. The number of hydrogen-bond acceptors (Lipinski definition) is 5. The van der Waals surface area contributed by atoms with Crippen molar-refractivity contribution in [3.05, 3.63) is 100 Å². The van der Waals surface area contributed by atoms with E-state index in [1.54, 1.807) is 38.5 Å². The Kier molecular flexibility index (Phi) is 8.58. The third-order valence-electron chi connectivity index (χ3n) is 6.33. The molecule has 0 N–H and O–H groups in total. The number of carbonyl (C=O) groups is 2. The lowest BCUT2D eigenvalue weighted by Crippen LogP contribution is -2.42. The molecule has 0 saturated carbocycles. The normalized spacial score (nSPS) is 14.9. The number of methoxy groups -OCH3 is 2. The van der Waals surface area contributed by atoms with Crippen LogP contribution in [0.5, 0.6) is 5.75 Å². The molecule has 0 aromatic heterocycles. The molecule has 1 unspecified atom stereocenters. The molecule has 192 valence electrons. The third-order valence-corrected chi connectivity index (χ3v) is 6.66. The highest BCUT2D eigenvalue weighted by molar-refractivity contribution is 6.34. The molecule has 0 radical (unpaired) electrons. The van der Waals surface area contributed by atoms with Crippen LogP contribution in [0.25, 0.3) is 0 Å². The fourth-order valence-corrected chi connectivity index (χ4v) is 4.50. The standard InChI is InChI=1S/C29H30ClN3O4/c1-20-8-10-21(11-9-20)27-18-26(24-6-4-5-7-25(24)30)31-33(27)28(34)19-32(16-17-36-2)29(35)22-12-14-23(37-3)15-13-22/h4-15,27H,16-19H2,1-3H3. The maximum absolute atomic E-state index is 13.7. The molecule has 8 heteroatoms. The summed E-state index contributed by atoms with van der Waals surface area (Å²) < 4.78 is 10.4. The summed E-state index contributed by atoms with van der Waals surface area (Å²) in [5.74, 6) is 0.0931. The highest BCUT2D eigenvalue weighted by atomic mass is 35.5. The van der Waals surface area contributed by atoms with Crippen molar-refractivity contribution in [3.8, 4) is 5.75 Å². The maximum Gasteiger partial charge on any atom is 0.262 e. The van der Waals surface area contributed by atoms with Gasteiger partial charge in [-0.1, -0.05) is 59.6 Å². The van der Waals surface area contributed by atoms with Crippen molar-refractivity contribution < 1.29 is 19.1 Å². The molecule has 1 atom stereocenters. The van der Waals surface area contributed by atoms with Gasteiger partial charge in [0.25, 0.3) is 11.8 Å². The number of nitrogens with zero attached hydrogens (tertiary/aromatic N) is 3. The van der Waals surface area contributed by atoms with Gasteiger partial charge in [-0.15, -0.1) is 0 Å². The van der Waals surface area contributed by atoms with Gasteiger partial charge in [0.2, 0.25) is 0 Å². The molecule has 1 aliphatic rings. The molecule has 0 fully saturated rings. The van der Waals surface area contributed by atoms with Crippen molar-refractivity contribution in [1.82, 2.24) is 9.91 Å². The summed E-state index contributed by atoms with van der Waals surface area (Å²) in [5.41, 5.74) is 4.08. The van der Waals surface area contributed by atoms with Crippen molar-refractivity contribution in [2.75, 3.05) is 33.9 Å². The second kappa shape index (κ2) is 12.0. The first-order valence-electron chi connectivity index (χ1n) is 12.0. The van der Waals surface area contributed by atoms with E-state index in [2.05, 4.69) is 0 Å². The number of carbonyl (C=O) groups excluding carboxylic acids is 2. The van der Waals surface area contributed by atoms with E-state index in [1.807, 2.05) is 55.5 Å². The first kappa shape index (κ1) is 26.4. The summed E-state index contributed by atoms with van der Waals surface area (Å²) in [6.45, 7) is 2.43. The van der Waals surface area contributed by atoms with Crippen molar-refractivity contribution in [1.29, 1.82) is 0 Å². The quantitative estimate of drug-likeness (QED) is 0.393. The Hall–Kier alpha value is -3.68. The lowest BCUT2D eigenvalue weighted by atomic mass is 9.97. The monoisotopic (exact) mass is 519 g/mol. The van der Waals surface area contributed by atoms with Crippen molar-refractivity contribution >= 4 is 29.1 Å². The number of aryl methyl sites for hydroxylation is 1. The molecular weight excluding hydrogens is 490 g/mol. The molecule has 3 aromatic rings. The Labute approximate surface area is 222 Å². The second-order valence-electron chi connectivity index (χ2n) is 8.84. The molecular formula is C29H30ClN3O4. The Balaban J connectivity index is 1.62. The number of rotatable bonds is 9. The van der Waals surface area contributed by atoms with E-state index in [-0.39, 0.29) is 30.9 Å². The van der Waals surface area contributed by atoms with Crippen LogP contribution in [0, 0.1) is 6.92 Å². The van der Waals surface area contributed by atoms with E-state index in [4.69, 9.17) is 26.2 Å². The van der Waals surface area contributed by atoms with Gasteiger partial charge in [-0.2, -0.15) is 5.10 Å². The lowest BCUT2D eigenvalue weighted by molar-refractivity contribution is -0.133. The molecule has 0 saturated heterocycles. The zero-order valence-electron chi connectivity index (χ0n) is 21.2. The zero-order chi connectivity index (χ0) is 26.4. The molecule has 0 spiro atoms. The summed E-state index contributed by atoms with van der Waals surface area (Å²) >= 11 is 6.46. The molecule has 1 heterocycles. The third kappa shape index (κ3) is 6.18. The Bertz CT molecular complexity index is 1280. The molecule has 1 aliphatic heterocycles. The highest BCUT2D eigenvalue weighted by Gasteiger charge is 2.35. The molecule has 0 bridgehead atoms. The van der Waals surface area contributed by atoms with Crippen LogP contribution < -0.4 is 4.74 Å². The van der Waals surface area contributed by atoms with Crippen LogP contribution in [0.15, 0.2) is 77.9 Å². The van der Waals surface area contributed by atoms with Gasteiger partial charge in [0, 0.05) is 36.2 Å². The largest absolute Gasteiger partial charge is 0.497 e. The van der Waals surface area contributed by atoms with E-state index in [9.17, 15) is 9.59 Å². The first-order chi connectivity index (χ1) is 17.9. The van der Waals surface area contributed by atoms with Crippen molar-refractivity contribution in [3.63, 3.8) is 0 Å². The topological polar surface area (TPSA) is 71.4 Å². The minimum atomic E-state index is -0.306. The predicted molar refractivity (Wildman–Crippen MR) is 144 cm³/mol. The number of hydrazone groups is 1. The van der Waals surface area contributed by atoms with Crippen LogP contribution in [0.2, 0.25) is 5.02 Å². The molecule has 3 aromatic carbocycles. The number of benzene rings is 3. The number of amides is 2. The molecule has 7 nitrogen and oxygen atoms in total. The van der Waals surface area contributed by atoms with Crippen LogP contribution in [0.3, 0.4) is 0 Å². The van der Waals surface area contributed by atoms with Crippen LogP contribution >= 0.6 is 11.6 Å². The summed E-state index contributed by atoms with van der Waals surface area (Å²) in [7, 11) is 3.13. The fourth-order valence-electron chi connectivity index (χ4n) is 4.25. The van der Waals surface area contributed by atoms with Gasteiger partial charge in [0.15, 0.2) is 0 Å². The van der Waals surface area contributed by atoms with Crippen LogP contribution in [0.4, 0.5) is 0 Å². The van der Waals surface area contributed by atoms with Crippen LogP contribution in [0.1, 0.15) is 39.5 Å². The zero-order valence-corrected chi connectivity index (χ0v) is 21.9. The minimum absolute atomic E-state index is 0.143. The van der Waals surface area contributed by atoms with Gasteiger partial charge >= 0.3 is 0 Å². The summed E-state index contributed by atoms with van der Waals surface area (Å²) in [6, 6.07) is 22.0. The molecule has 2 amide bonds. The Morgan fingerprint density at radius 3 is 2.38 bits per heavy atom. The van der Waals surface area contributed by atoms with E-state index < -0.39 is 0 Å². The van der Waals surface area contributed by atoms with E-state index in [1.165, 1.54) is 9.91 Å². The fraction of sp³-hybridized carbons (Fsp3) is 0.276. The number of ether oxygens (including phenoxy) is 2. The van der Waals surface area contributed by atoms with Gasteiger partial charge in [0.1, 0.15) is 12.3 Å². The van der Waals surface area contributed by atoms with Gasteiger partial charge in [-0.3, -0.25) is 9.59 Å². The number of hydrogen-bond donors (Lipinski definition) is 0. The van der Waals surface area contributed by atoms with E-state index in [0.717, 1.165) is 22.4 Å². The average Bonchev–Trinajstić information content (AvgIpc) is 3.36. The predicted octanol–water partition coefficient (Wildman–Crippen LogP) is 5.12. The Morgan fingerprint density at radius 1 is 1.03 bits per heavy atom. The SMILES string of the molecule is COCCN(CC(=O)N1N=C(c2ccccc2Cl)CC1c1ccc(C)cc1)C(=O)c1ccc(OC)cc1. The minimum Gasteiger partial charge on any atom is -0.497 e. The van der Waals surface area contributed by atoms with Crippen LogP contribution in [-0.2, 0) is 9.53 Å². The van der Waals surface area contributed by atoms with Gasteiger partial charge < -0.3 is 14.4 Å². The highest BCUT2D eigenvalue weighted by Crippen LogP contribution is 2.34. The summed E-state index contributed by atoms with van der Waals surface area (Å²) in [5, 5.41) is 6.79. The van der Waals surface area contributed by atoms with Gasteiger partial charge in [0.05, 0.1) is 25.5 Å². The second-order valence-corrected chi connectivity index (χ2v) is 9.25. The van der Waals surface area contributed by atoms with Crippen LogP contribution in [-0.4, -0.2) is 61.4 Å². The van der Waals surface area contributed by atoms with Gasteiger partial charge in [-0.05, 0) is 42.8 Å². The van der Waals surface area contributed by atoms with Crippen molar-refractivity contribution in [2.45, 2.75) is 19.4 Å². The smallest absolute Gasteiger partial charge is 0.262 e. The summed E-state index contributed by atoms with van der Waals surface area (Å²) in [6.07, 6.45) is 0.517. The average molecular weight is 520 g/mol. The first-order valence-corrected chi connectivity index (χ1v) is 12.4. The molecule has 37 heavy (non-hydrogen) atoms. The maximum atomic E-state index is 13.7.